The van der Waals surface area contributed by atoms with Crippen molar-refractivity contribution in [3.8, 4) is 0 Å². The third-order valence-electron chi connectivity index (χ3n) is 2.07. The molecular formula is C10H9ClFN5O. The van der Waals surface area contributed by atoms with Gasteiger partial charge in [0, 0.05) is 0 Å². The molecule has 18 heavy (non-hydrogen) atoms. The van der Waals surface area contributed by atoms with Crippen molar-refractivity contribution >= 4 is 29.1 Å². The molecule has 8 heteroatoms. The van der Waals surface area contributed by atoms with Crippen LogP contribution >= 0.6 is 11.6 Å². The smallest absolute Gasteiger partial charge is 0.246 e. The number of benzene rings is 1. The summed E-state index contributed by atoms with van der Waals surface area (Å²) >= 11 is 5.77. The molecular weight excluding hydrogens is 261 g/mol. The van der Waals surface area contributed by atoms with Gasteiger partial charge in [-0.3, -0.25) is 4.79 Å². The van der Waals surface area contributed by atoms with Crippen molar-refractivity contribution < 1.29 is 9.18 Å². The summed E-state index contributed by atoms with van der Waals surface area (Å²) in [5, 5.41) is 6.41. The van der Waals surface area contributed by atoms with E-state index < -0.39 is 5.82 Å². The van der Waals surface area contributed by atoms with E-state index in [0.29, 0.717) is 5.69 Å². The van der Waals surface area contributed by atoms with E-state index in [1.54, 1.807) is 0 Å². The minimum absolute atomic E-state index is 0.0576. The first-order valence-corrected chi connectivity index (χ1v) is 5.32. The molecule has 0 spiro atoms. The van der Waals surface area contributed by atoms with E-state index in [-0.39, 0.29) is 23.4 Å². The highest BCUT2D eigenvalue weighted by Gasteiger charge is 2.08. The molecule has 0 aliphatic heterocycles. The number of carbonyl (C=O) groups excluding carboxylic acids is 1. The van der Waals surface area contributed by atoms with E-state index in [4.69, 9.17) is 17.3 Å². The van der Waals surface area contributed by atoms with Gasteiger partial charge < -0.3 is 11.1 Å². The minimum atomic E-state index is -0.470. The topological polar surface area (TPSA) is 85.8 Å². The Balaban J connectivity index is 2.03. The number of anilines is 2. The molecule has 6 nitrogen and oxygen atoms in total. The number of hydrogen-bond acceptors (Lipinski definition) is 4. The van der Waals surface area contributed by atoms with E-state index in [9.17, 15) is 9.18 Å². The molecule has 2 aromatic rings. The quantitative estimate of drug-likeness (QED) is 0.879. The number of hydrogen-bond donors (Lipinski definition) is 2. The van der Waals surface area contributed by atoms with Gasteiger partial charge in [-0.2, -0.15) is 0 Å². The maximum absolute atomic E-state index is 12.8. The second-order valence-electron chi connectivity index (χ2n) is 3.47. The Hall–Kier alpha value is -2.15. The SMILES string of the molecule is Nc1ncn(CC(=O)Nc2ccc(F)cc2Cl)n1. The molecule has 0 radical (unpaired) electrons. The number of nitrogens with one attached hydrogen (secondary N) is 1. The van der Waals surface area contributed by atoms with E-state index in [1.165, 1.54) is 23.1 Å². The molecule has 0 atom stereocenters. The zero-order chi connectivity index (χ0) is 13.1. The lowest BCUT2D eigenvalue weighted by Crippen LogP contribution is -2.19. The fourth-order valence-corrected chi connectivity index (χ4v) is 1.53. The zero-order valence-corrected chi connectivity index (χ0v) is 9.86. The summed E-state index contributed by atoms with van der Waals surface area (Å²) in [4.78, 5) is 15.3. The second kappa shape index (κ2) is 5.01. The van der Waals surface area contributed by atoms with Crippen LogP contribution in [0.2, 0.25) is 5.02 Å². The second-order valence-corrected chi connectivity index (χ2v) is 3.88. The van der Waals surface area contributed by atoms with Crippen molar-refractivity contribution in [3.63, 3.8) is 0 Å². The van der Waals surface area contributed by atoms with Crippen LogP contribution in [0.3, 0.4) is 0 Å². The first-order valence-electron chi connectivity index (χ1n) is 4.94. The van der Waals surface area contributed by atoms with Crippen molar-refractivity contribution in [1.82, 2.24) is 14.8 Å². The molecule has 1 aromatic heterocycles. The third-order valence-corrected chi connectivity index (χ3v) is 2.38. The van der Waals surface area contributed by atoms with E-state index in [0.717, 1.165) is 6.07 Å². The van der Waals surface area contributed by atoms with Crippen molar-refractivity contribution in [2.24, 2.45) is 0 Å². The number of nitrogens with two attached hydrogens (primary N) is 1. The Labute approximate surface area is 107 Å². The van der Waals surface area contributed by atoms with Crippen molar-refractivity contribution in [1.29, 1.82) is 0 Å². The van der Waals surface area contributed by atoms with Gasteiger partial charge in [-0.05, 0) is 18.2 Å². The van der Waals surface area contributed by atoms with Gasteiger partial charge >= 0.3 is 0 Å². The lowest BCUT2D eigenvalue weighted by atomic mass is 10.3. The third kappa shape index (κ3) is 2.95. The molecule has 0 fully saturated rings. The standard InChI is InChI=1S/C10H9ClFN5O/c11-7-3-6(12)1-2-8(7)15-9(18)4-17-5-14-10(13)16-17/h1-3,5H,4H2,(H2,13,16)(H,15,18). The molecule has 1 amide bonds. The predicted molar refractivity (Wildman–Crippen MR) is 64.5 cm³/mol. The number of nitrogen functional groups attached to an aromatic ring is 1. The predicted octanol–water partition coefficient (Wildman–Crippen LogP) is 1.29. The Morgan fingerprint density at radius 1 is 1.56 bits per heavy atom. The summed E-state index contributed by atoms with van der Waals surface area (Å²) in [6, 6.07) is 3.70. The van der Waals surface area contributed by atoms with Gasteiger partial charge in [-0.15, -0.1) is 5.10 Å². The van der Waals surface area contributed by atoms with Crippen LogP contribution in [0.25, 0.3) is 0 Å². The first kappa shape index (κ1) is 12.3. The summed E-state index contributed by atoms with van der Waals surface area (Å²) in [5.41, 5.74) is 5.64. The average Bonchev–Trinajstić information content (AvgIpc) is 2.68. The number of nitrogens with zero attached hydrogens (tertiary/aromatic N) is 3. The van der Waals surface area contributed by atoms with Gasteiger partial charge in [0.2, 0.25) is 11.9 Å². The first-order chi connectivity index (χ1) is 8.54. The Morgan fingerprint density at radius 2 is 2.33 bits per heavy atom. The average molecular weight is 270 g/mol. The summed E-state index contributed by atoms with van der Waals surface area (Å²) in [5.74, 6) is -0.752. The Kier molecular flexibility index (Phi) is 3.42. The fraction of sp³-hybridized carbons (Fsp3) is 0.100. The number of carbonyl (C=O) groups is 1. The number of rotatable bonds is 3. The summed E-state index contributed by atoms with van der Waals surface area (Å²) < 4.78 is 14.1. The zero-order valence-electron chi connectivity index (χ0n) is 9.10. The van der Waals surface area contributed by atoms with Crippen LogP contribution in [0.1, 0.15) is 0 Å². The summed E-state index contributed by atoms with van der Waals surface area (Å²) in [6.45, 7) is -0.0576. The molecule has 2 rings (SSSR count). The van der Waals surface area contributed by atoms with Crippen molar-refractivity contribution in [2.75, 3.05) is 11.1 Å². The van der Waals surface area contributed by atoms with Crippen molar-refractivity contribution in [2.45, 2.75) is 6.54 Å². The molecule has 0 saturated carbocycles. The molecule has 1 heterocycles. The van der Waals surface area contributed by atoms with Gasteiger partial charge in [0.25, 0.3) is 0 Å². The molecule has 0 saturated heterocycles. The Bertz CT molecular complexity index is 585. The van der Waals surface area contributed by atoms with Crippen LogP contribution in [0, 0.1) is 5.82 Å². The molecule has 1 aromatic carbocycles. The van der Waals surface area contributed by atoms with Crippen LogP contribution in [0.5, 0.6) is 0 Å². The molecule has 3 N–H and O–H groups in total. The lowest BCUT2D eigenvalue weighted by molar-refractivity contribution is -0.116. The molecule has 0 aliphatic rings. The number of aromatic nitrogens is 3. The largest absolute Gasteiger partial charge is 0.367 e. The van der Waals surface area contributed by atoms with Gasteiger partial charge in [0.1, 0.15) is 18.7 Å². The molecule has 0 aliphatic carbocycles. The van der Waals surface area contributed by atoms with Crippen LogP contribution in [0.15, 0.2) is 24.5 Å². The van der Waals surface area contributed by atoms with Crippen LogP contribution in [0.4, 0.5) is 16.0 Å². The van der Waals surface area contributed by atoms with Gasteiger partial charge in [-0.25, -0.2) is 14.1 Å². The van der Waals surface area contributed by atoms with Gasteiger partial charge in [0.05, 0.1) is 10.7 Å². The fourth-order valence-electron chi connectivity index (χ4n) is 1.31. The summed E-state index contributed by atoms with van der Waals surface area (Å²) in [6.07, 6.45) is 1.33. The summed E-state index contributed by atoms with van der Waals surface area (Å²) in [7, 11) is 0. The maximum Gasteiger partial charge on any atom is 0.246 e. The van der Waals surface area contributed by atoms with Crippen LogP contribution < -0.4 is 11.1 Å². The Morgan fingerprint density at radius 3 is 2.94 bits per heavy atom. The highest BCUT2D eigenvalue weighted by atomic mass is 35.5. The van der Waals surface area contributed by atoms with E-state index >= 15 is 0 Å². The minimum Gasteiger partial charge on any atom is -0.367 e. The van der Waals surface area contributed by atoms with E-state index in [1.807, 2.05) is 0 Å². The molecule has 0 unspecified atom stereocenters. The lowest BCUT2D eigenvalue weighted by Gasteiger charge is -2.06. The van der Waals surface area contributed by atoms with Gasteiger partial charge in [-0.1, -0.05) is 11.6 Å². The van der Waals surface area contributed by atoms with Crippen LogP contribution in [-0.2, 0) is 11.3 Å². The number of halogens is 2. The normalized spacial score (nSPS) is 10.3. The van der Waals surface area contributed by atoms with E-state index in [2.05, 4.69) is 15.4 Å². The number of amides is 1. The highest BCUT2D eigenvalue weighted by Crippen LogP contribution is 2.22. The highest BCUT2D eigenvalue weighted by molar-refractivity contribution is 6.33. The van der Waals surface area contributed by atoms with Crippen LogP contribution in [-0.4, -0.2) is 20.7 Å². The molecule has 0 bridgehead atoms. The monoisotopic (exact) mass is 269 g/mol. The maximum atomic E-state index is 12.8. The van der Waals surface area contributed by atoms with Crippen molar-refractivity contribution in [3.05, 3.63) is 35.4 Å². The molecule has 94 valence electrons. The van der Waals surface area contributed by atoms with Gasteiger partial charge in [0.15, 0.2) is 0 Å².